The molecule has 0 aromatic carbocycles. The van der Waals surface area contributed by atoms with Gasteiger partial charge in [-0.05, 0) is 25.5 Å². The zero-order valence-corrected chi connectivity index (χ0v) is 9.67. The number of carbonyl (C=O) groups excluding carboxylic acids is 1. The highest BCUT2D eigenvalue weighted by Crippen LogP contribution is 2.24. The van der Waals surface area contributed by atoms with Gasteiger partial charge in [0, 0.05) is 17.8 Å². The summed E-state index contributed by atoms with van der Waals surface area (Å²) < 4.78 is 30.0. The molecule has 0 amide bonds. The first kappa shape index (κ1) is 13.5. The minimum absolute atomic E-state index is 0.0104. The number of nitrogens with zero attached hydrogens (tertiary/aromatic N) is 1. The standard InChI is InChI=1S/C11H14F2N2O2/c1-3-17-11(16)9-7(5-14)4-8(10(12)13)6(2)15-9/h4,10H,3,5,14H2,1-2H3. The van der Waals surface area contributed by atoms with E-state index in [1.165, 1.54) is 13.0 Å². The molecule has 1 aromatic heterocycles. The zero-order chi connectivity index (χ0) is 13.0. The first-order valence-electron chi connectivity index (χ1n) is 5.17. The molecule has 1 aromatic rings. The molecule has 0 saturated heterocycles. The van der Waals surface area contributed by atoms with Crippen LogP contribution >= 0.6 is 0 Å². The second-order valence-electron chi connectivity index (χ2n) is 3.40. The van der Waals surface area contributed by atoms with Crippen LogP contribution in [0.1, 0.15) is 40.7 Å². The minimum Gasteiger partial charge on any atom is -0.461 e. The molecular formula is C11H14F2N2O2. The number of halogens is 2. The van der Waals surface area contributed by atoms with E-state index >= 15 is 0 Å². The lowest BCUT2D eigenvalue weighted by atomic mass is 10.1. The van der Waals surface area contributed by atoms with Gasteiger partial charge in [-0.3, -0.25) is 0 Å². The van der Waals surface area contributed by atoms with Crippen LogP contribution in [0.3, 0.4) is 0 Å². The topological polar surface area (TPSA) is 65.2 Å². The van der Waals surface area contributed by atoms with Gasteiger partial charge in [0.2, 0.25) is 0 Å². The summed E-state index contributed by atoms with van der Waals surface area (Å²) in [5.41, 5.74) is 5.59. The van der Waals surface area contributed by atoms with Gasteiger partial charge >= 0.3 is 5.97 Å². The van der Waals surface area contributed by atoms with Crippen LogP contribution in [0.15, 0.2) is 6.07 Å². The number of nitrogens with two attached hydrogens (primary N) is 1. The Kier molecular flexibility index (Phi) is 4.51. The molecule has 0 aliphatic rings. The highest BCUT2D eigenvalue weighted by Gasteiger charge is 2.19. The molecule has 0 radical (unpaired) electrons. The summed E-state index contributed by atoms with van der Waals surface area (Å²) >= 11 is 0. The molecule has 0 fully saturated rings. The van der Waals surface area contributed by atoms with Crippen molar-refractivity contribution in [3.05, 3.63) is 28.6 Å². The quantitative estimate of drug-likeness (QED) is 0.822. The number of carbonyl (C=O) groups is 1. The van der Waals surface area contributed by atoms with Crippen LogP contribution in [0, 0.1) is 6.92 Å². The molecule has 0 saturated carbocycles. The Hall–Kier alpha value is -1.56. The predicted octanol–water partition coefficient (Wildman–Crippen LogP) is 1.96. The molecule has 6 heteroatoms. The third-order valence-electron chi connectivity index (χ3n) is 2.25. The van der Waals surface area contributed by atoms with Gasteiger partial charge in [0.1, 0.15) is 0 Å². The monoisotopic (exact) mass is 244 g/mol. The fourth-order valence-corrected chi connectivity index (χ4v) is 1.42. The summed E-state index contributed by atoms with van der Waals surface area (Å²) in [5, 5.41) is 0. The van der Waals surface area contributed by atoms with Crippen molar-refractivity contribution in [3.63, 3.8) is 0 Å². The van der Waals surface area contributed by atoms with Gasteiger partial charge in [-0.15, -0.1) is 0 Å². The van der Waals surface area contributed by atoms with E-state index in [9.17, 15) is 13.6 Å². The van der Waals surface area contributed by atoms with Crippen LogP contribution in [-0.2, 0) is 11.3 Å². The average Bonchev–Trinajstić information content (AvgIpc) is 2.28. The van der Waals surface area contributed by atoms with Crippen molar-refractivity contribution in [2.45, 2.75) is 26.8 Å². The second kappa shape index (κ2) is 5.67. The van der Waals surface area contributed by atoms with Gasteiger partial charge in [0.05, 0.1) is 6.61 Å². The molecule has 2 N–H and O–H groups in total. The smallest absolute Gasteiger partial charge is 0.357 e. The Labute approximate surface area is 97.8 Å². The Morgan fingerprint density at radius 1 is 1.59 bits per heavy atom. The lowest BCUT2D eigenvalue weighted by Crippen LogP contribution is -2.15. The first-order valence-corrected chi connectivity index (χ1v) is 5.17. The van der Waals surface area contributed by atoms with E-state index in [1.807, 2.05) is 0 Å². The summed E-state index contributed by atoms with van der Waals surface area (Å²) in [6, 6.07) is 1.21. The third kappa shape index (κ3) is 2.97. The van der Waals surface area contributed by atoms with Crippen molar-refractivity contribution >= 4 is 5.97 Å². The number of pyridine rings is 1. The molecule has 0 unspecified atom stereocenters. The molecule has 0 aliphatic heterocycles. The van der Waals surface area contributed by atoms with E-state index in [4.69, 9.17) is 10.5 Å². The maximum atomic E-state index is 12.6. The van der Waals surface area contributed by atoms with Gasteiger partial charge in [0.25, 0.3) is 6.43 Å². The van der Waals surface area contributed by atoms with E-state index < -0.39 is 12.4 Å². The Bertz CT molecular complexity index is 422. The highest BCUT2D eigenvalue weighted by molar-refractivity contribution is 5.89. The van der Waals surface area contributed by atoms with Crippen molar-refractivity contribution in [3.8, 4) is 0 Å². The van der Waals surface area contributed by atoms with Gasteiger partial charge < -0.3 is 10.5 Å². The van der Waals surface area contributed by atoms with Crippen LogP contribution in [0.2, 0.25) is 0 Å². The molecule has 0 aliphatic carbocycles. The number of aromatic nitrogens is 1. The SMILES string of the molecule is CCOC(=O)c1nc(C)c(C(F)F)cc1CN. The summed E-state index contributed by atoms with van der Waals surface area (Å²) in [5.74, 6) is -0.642. The van der Waals surface area contributed by atoms with Crippen molar-refractivity contribution in [2.24, 2.45) is 5.73 Å². The fourth-order valence-electron chi connectivity index (χ4n) is 1.42. The van der Waals surface area contributed by atoms with E-state index in [0.29, 0.717) is 0 Å². The van der Waals surface area contributed by atoms with Crippen LogP contribution < -0.4 is 5.73 Å². The minimum atomic E-state index is -2.64. The maximum absolute atomic E-state index is 12.6. The van der Waals surface area contributed by atoms with Crippen molar-refractivity contribution < 1.29 is 18.3 Å². The molecular weight excluding hydrogens is 230 g/mol. The van der Waals surface area contributed by atoms with E-state index in [0.717, 1.165) is 0 Å². The lowest BCUT2D eigenvalue weighted by molar-refractivity contribution is 0.0517. The summed E-state index contributed by atoms with van der Waals surface area (Å²) in [6.45, 7) is 3.23. The zero-order valence-electron chi connectivity index (χ0n) is 9.67. The largest absolute Gasteiger partial charge is 0.461 e. The molecule has 0 spiro atoms. The number of hydrogen-bond donors (Lipinski definition) is 1. The molecule has 1 rings (SSSR count). The second-order valence-corrected chi connectivity index (χ2v) is 3.40. The maximum Gasteiger partial charge on any atom is 0.357 e. The van der Waals surface area contributed by atoms with Gasteiger partial charge in [-0.1, -0.05) is 0 Å². The Morgan fingerprint density at radius 3 is 2.71 bits per heavy atom. The number of esters is 1. The van der Waals surface area contributed by atoms with Gasteiger partial charge in [-0.2, -0.15) is 0 Å². The Morgan fingerprint density at radius 2 is 2.24 bits per heavy atom. The summed E-state index contributed by atoms with van der Waals surface area (Å²) in [6.07, 6.45) is -2.64. The summed E-state index contributed by atoms with van der Waals surface area (Å²) in [4.78, 5) is 15.4. The Balaban J connectivity index is 3.23. The van der Waals surface area contributed by atoms with Crippen LogP contribution in [0.5, 0.6) is 0 Å². The number of aryl methyl sites for hydroxylation is 1. The van der Waals surface area contributed by atoms with E-state index in [2.05, 4.69) is 4.98 Å². The molecule has 1 heterocycles. The van der Waals surface area contributed by atoms with E-state index in [-0.39, 0.29) is 35.7 Å². The van der Waals surface area contributed by atoms with Crippen LogP contribution in [0.25, 0.3) is 0 Å². The van der Waals surface area contributed by atoms with Crippen molar-refractivity contribution in [1.29, 1.82) is 0 Å². The van der Waals surface area contributed by atoms with Crippen LogP contribution in [-0.4, -0.2) is 17.6 Å². The number of alkyl halides is 2. The molecule has 0 bridgehead atoms. The fraction of sp³-hybridized carbons (Fsp3) is 0.455. The molecule has 0 atom stereocenters. The predicted molar refractivity (Wildman–Crippen MR) is 57.8 cm³/mol. The van der Waals surface area contributed by atoms with Crippen LogP contribution in [0.4, 0.5) is 8.78 Å². The third-order valence-corrected chi connectivity index (χ3v) is 2.25. The van der Waals surface area contributed by atoms with Crippen molar-refractivity contribution in [2.75, 3.05) is 6.61 Å². The van der Waals surface area contributed by atoms with E-state index in [1.54, 1.807) is 6.92 Å². The molecule has 4 nitrogen and oxygen atoms in total. The van der Waals surface area contributed by atoms with Gasteiger partial charge in [0.15, 0.2) is 5.69 Å². The number of ether oxygens (including phenoxy) is 1. The normalized spacial score (nSPS) is 10.7. The average molecular weight is 244 g/mol. The summed E-state index contributed by atoms with van der Waals surface area (Å²) in [7, 11) is 0. The van der Waals surface area contributed by atoms with Crippen molar-refractivity contribution in [1.82, 2.24) is 4.98 Å². The first-order chi connectivity index (χ1) is 8.01. The van der Waals surface area contributed by atoms with Gasteiger partial charge in [-0.25, -0.2) is 18.6 Å². The highest BCUT2D eigenvalue weighted by atomic mass is 19.3. The number of hydrogen-bond acceptors (Lipinski definition) is 4. The lowest BCUT2D eigenvalue weighted by Gasteiger charge is -2.11. The molecule has 17 heavy (non-hydrogen) atoms. The molecule has 94 valence electrons. The number of rotatable bonds is 4.